The summed E-state index contributed by atoms with van der Waals surface area (Å²) in [6.45, 7) is 0.253. The third-order valence-electron chi connectivity index (χ3n) is 5.67. The van der Waals surface area contributed by atoms with Crippen molar-refractivity contribution < 1.29 is 19.4 Å². The van der Waals surface area contributed by atoms with E-state index in [4.69, 9.17) is 27.9 Å². The molecule has 0 bridgehead atoms. The molecule has 1 amide bonds. The SMILES string of the molecule is O=C(NC(Cc1ccccc1)C(=O)O)c1ccc(-c2ccc(OCc3c(Cl)cccc3Cl)cc2)cc1. The zero-order valence-corrected chi connectivity index (χ0v) is 20.7. The molecule has 0 fully saturated rings. The van der Waals surface area contributed by atoms with E-state index in [9.17, 15) is 14.7 Å². The summed E-state index contributed by atoms with van der Waals surface area (Å²) in [4.78, 5) is 24.3. The highest BCUT2D eigenvalue weighted by atomic mass is 35.5. The lowest BCUT2D eigenvalue weighted by Crippen LogP contribution is -2.42. The molecule has 0 aromatic heterocycles. The first kappa shape index (κ1) is 25.3. The fraction of sp³-hybridized carbons (Fsp3) is 0.103. The van der Waals surface area contributed by atoms with Crippen molar-refractivity contribution in [2.45, 2.75) is 19.1 Å². The van der Waals surface area contributed by atoms with Crippen LogP contribution in [0.2, 0.25) is 10.0 Å². The number of carboxylic acid groups (broad SMARTS) is 1. The molecule has 4 aromatic rings. The molecule has 0 saturated carbocycles. The van der Waals surface area contributed by atoms with Crippen LogP contribution < -0.4 is 10.1 Å². The van der Waals surface area contributed by atoms with Crippen LogP contribution in [0.25, 0.3) is 11.1 Å². The van der Waals surface area contributed by atoms with Gasteiger partial charge in [-0.2, -0.15) is 0 Å². The largest absolute Gasteiger partial charge is 0.489 e. The number of amides is 1. The van der Waals surface area contributed by atoms with Gasteiger partial charge in [0, 0.05) is 27.6 Å². The van der Waals surface area contributed by atoms with Gasteiger partial charge in [-0.15, -0.1) is 0 Å². The van der Waals surface area contributed by atoms with Gasteiger partial charge in [-0.05, 0) is 53.1 Å². The van der Waals surface area contributed by atoms with Crippen molar-refractivity contribution >= 4 is 35.1 Å². The van der Waals surface area contributed by atoms with E-state index < -0.39 is 17.9 Å². The highest BCUT2D eigenvalue weighted by Crippen LogP contribution is 2.27. The van der Waals surface area contributed by atoms with Crippen LogP contribution in [0.3, 0.4) is 0 Å². The smallest absolute Gasteiger partial charge is 0.326 e. The summed E-state index contributed by atoms with van der Waals surface area (Å²) < 4.78 is 5.82. The zero-order chi connectivity index (χ0) is 25.5. The van der Waals surface area contributed by atoms with Crippen molar-refractivity contribution in [2.24, 2.45) is 0 Å². The van der Waals surface area contributed by atoms with Crippen LogP contribution in [0, 0.1) is 0 Å². The second-order valence-electron chi connectivity index (χ2n) is 8.14. The summed E-state index contributed by atoms with van der Waals surface area (Å²) in [7, 11) is 0. The van der Waals surface area contributed by atoms with Gasteiger partial charge in [0.1, 0.15) is 18.4 Å². The predicted octanol–water partition coefficient (Wildman–Crippen LogP) is 6.67. The summed E-state index contributed by atoms with van der Waals surface area (Å²) >= 11 is 12.4. The molecule has 0 radical (unpaired) electrons. The number of benzene rings is 4. The first-order valence-electron chi connectivity index (χ1n) is 11.2. The normalized spacial score (nSPS) is 11.5. The number of carboxylic acids is 1. The molecule has 0 spiro atoms. The number of carbonyl (C=O) groups is 2. The number of hydrogen-bond donors (Lipinski definition) is 2. The van der Waals surface area contributed by atoms with Crippen molar-refractivity contribution in [1.29, 1.82) is 0 Å². The minimum Gasteiger partial charge on any atom is -0.489 e. The van der Waals surface area contributed by atoms with Crippen molar-refractivity contribution in [3.05, 3.63) is 124 Å². The molecule has 5 nitrogen and oxygen atoms in total. The lowest BCUT2D eigenvalue weighted by Gasteiger charge is -2.15. The molecule has 0 saturated heterocycles. The Morgan fingerprint density at radius 2 is 1.36 bits per heavy atom. The quantitative estimate of drug-likeness (QED) is 0.259. The number of nitrogens with one attached hydrogen (secondary N) is 1. The zero-order valence-electron chi connectivity index (χ0n) is 19.2. The average molecular weight is 520 g/mol. The number of hydrogen-bond acceptors (Lipinski definition) is 3. The topological polar surface area (TPSA) is 75.6 Å². The van der Waals surface area contributed by atoms with Gasteiger partial charge in [0.05, 0.1) is 0 Å². The minimum absolute atomic E-state index is 0.205. The second kappa shape index (κ2) is 11.8. The van der Waals surface area contributed by atoms with Crippen molar-refractivity contribution in [1.82, 2.24) is 5.32 Å². The molecule has 4 rings (SSSR count). The summed E-state index contributed by atoms with van der Waals surface area (Å²) in [5.41, 5.74) is 3.80. The van der Waals surface area contributed by atoms with E-state index in [0.29, 0.717) is 21.4 Å². The van der Waals surface area contributed by atoms with Crippen LogP contribution in [0.5, 0.6) is 5.75 Å². The van der Waals surface area contributed by atoms with Gasteiger partial charge in [0.2, 0.25) is 0 Å². The maximum Gasteiger partial charge on any atom is 0.326 e. The molecule has 36 heavy (non-hydrogen) atoms. The highest BCUT2D eigenvalue weighted by molar-refractivity contribution is 6.35. The van der Waals surface area contributed by atoms with Gasteiger partial charge in [-0.3, -0.25) is 4.79 Å². The monoisotopic (exact) mass is 519 g/mol. The Bertz CT molecular complexity index is 1320. The van der Waals surface area contributed by atoms with Crippen molar-refractivity contribution in [3.8, 4) is 16.9 Å². The van der Waals surface area contributed by atoms with Gasteiger partial charge < -0.3 is 15.2 Å². The Morgan fingerprint density at radius 3 is 1.94 bits per heavy atom. The Morgan fingerprint density at radius 1 is 0.778 bits per heavy atom. The minimum atomic E-state index is -1.08. The molecule has 182 valence electrons. The van der Waals surface area contributed by atoms with E-state index >= 15 is 0 Å². The van der Waals surface area contributed by atoms with Crippen LogP contribution in [0.1, 0.15) is 21.5 Å². The third kappa shape index (κ3) is 6.45. The fourth-order valence-corrected chi connectivity index (χ4v) is 4.18. The Kier molecular flexibility index (Phi) is 8.26. The van der Waals surface area contributed by atoms with Crippen LogP contribution in [0.4, 0.5) is 0 Å². The molecule has 7 heteroatoms. The van der Waals surface area contributed by atoms with Gasteiger partial charge in [-0.1, -0.05) is 83.9 Å². The fourth-order valence-electron chi connectivity index (χ4n) is 3.67. The summed E-state index contributed by atoms with van der Waals surface area (Å²) in [6, 6.07) is 28.0. The number of ether oxygens (including phenoxy) is 1. The van der Waals surface area contributed by atoms with Gasteiger partial charge in [0.25, 0.3) is 5.91 Å². The molecule has 0 aliphatic rings. The lowest BCUT2D eigenvalue weighted by atomic mass is 10.0. The van der Waals surface area contributed by atoms with Crippen LogP contribution >= 0.6 is 23.2 Å². The van der Waals surface area contributed by atoms with Crippen molar-refractivity contribution in [3.63, 3.8) is 0 Å². The number of rotatable bonds is 9. The van der Waals surface area contributed by atoms with Crippen LogP contribution in [-0.2, 0) is 17.8 Å². The molecule has 1 atom stereocenters. The maximum absolute atomic E-state index is 12.7. The first-order chi connectivity index (χ1) is 17.4. The Hall–Kier alpha value is -3.80. The van der Waals surface area contributed by atoms with E-state index in [1.54, 1.807) is 30.3 Å². The molecule has 0 aliphatic carbocycles. The lowest BCUT2D eigenvalue weighted by molar-refractivity contribution is -0.139. The average Bonchev–Trinajstić information content (AvgIpc) is 2.89. The molecular formula is C29H23Cl2NO4. The maximum atomic E-state index is 12.7. The predicted molar refractivity (Wildman–Crippen MR) is 142 cm³/mol. The van der Waals surface area contributed by atoms with Crippen LogP contribution in [-0.4, -0.2) is 23.0 Å². The van der Waals surface area contributed by atoms with Gasteiger partial charge in [0.15, 0.2) is 0 Å². The van der Waals surface area contributed by atoms with E-state index in [-0.39, 0.29) is 13.0 Å². The molecule has 1 unspecified atom stereocenters. The Balaban J connectivity index is 1.38. The molecule has 0 aliphatic heterocycles. The third-order valence-corrected chi connectivity index (χ3v) is 6.37. The van der Waals surface area contributed by atoms with E-state index in [1.165, 1.54) is 0 Å². The van der Waals surface area contributed by atoms with Gasteiger partial charge in [-0.25, -0.2) is 4.79 Å². The number of carbonyl (C=O) groups excluding carboxylic acids is 1. The number of aliphatic carboxylic acids is 1. The Labute approximate surface area is 219 Å². The van der Waals surface area contributed by atoms with E-state index in [0.717, 1.165) is 22.3 Å². The molecule has 0 heterocycles. The van der Waals surface area contributed by atoms with E-state index in [1.807, 2.05) is 66.7 Å². The molecule has 2 N–H and O–H groups in total. The molecular weight excluding hydrogens is 497 g/mol. The van der Waals surface area contributed by atoms with Crippen molar-refractivity contribution in [2.75, 3.05) is 0 Å². The summed E-state index contributed by atoms with van der Waals surface area (Å²) in [5, 5.41) is 13.3. The summed E-state index contributed by atoms with van der Waals surface area (Å²) in [5.74, 6) is -0.848. The second-order valence-corrected chi connectivity index (χ2v) is 8.96. The van der Waals surface area contributed by atoms with Crippen LogP contribution in [0.15, 0.2) is 97.1 Å². The standard InChI is InChI=1S/C29H23Cl2NO4/c30-25-7-4-8-26(31)24(25)18-36-23-15-13-21(14-16-23)20-9-11-22(12-10-20)28(33)32-27(29(34)35)17-19-5-2-1-3-6-19/h1-16,27H,17-18H2,(H,32,33)(H,34,35). The van der Waals surface area contributed by atoms with E-state index in [2.05, 4.69) is 5.32 Å². The first-order valence-corrected chi connectivity index (χ1v) is 12.0. The highest BCUT2D eigenvalue weighted by Gasteiger charge is 2.21. The molecule has 4 aromatic carbocycles. The summed E-state index contributed by atoms with van der Waals surface area (Å²) in [6.07, 6.45) is 0.205. The number of halogens is 2. The van der Waals surface area contributed by atoms with Gasteiger partial charge >= 0.3 is 5.97 Å².